The van der Waals surface area contributed by atoms with E-state index >= 15 is 0 Å². The van der Waals surface area contributed by atoms with Crippen LogP contribution in [0.15, 0.2) is 48.5 Å². The third-order valence-electron chi connectivity index (χ3n) is 4.95. The molecule has 164 valence electrons. The number of amides is 3. The van der Waals surface area contributed by atoms with E-state index in [1.807, 2.05) is 13.8 Å². The summed E-state index contributed by atoms with van der Waals surface area (Å²) in [5.41, 5.74) is 6.23. The summed E-state index contributed by atoms with van der Waals surface area (Å²) in [4.78, 5) is 39.7. The quantitative estimate of drug-likeness (QED) is 0.706. The van der Waals surface area contributed by atoms with Crippen molar-refractivity contribution in [3.63, 3.8) is 0 Å². The number of ether oxygens (including phenoxy) is 1. The predicted molar refractivity (Wildman–Crippen MR) is 117 cm³/mol. The number of benzene rings is 2. The van der Waals surface area contributed by atoms with Gasteiger partial charge in [0.15, 0.2) is 0 Å². The first-order valence-electron chi connectivity index (χ1n) is 10.3. The Bertz CT molecular complexity index is 918. The summed E-state index contributed by atoms with van der Waals surface area (Å²) in [6, 6.07) is 13.6. The van der Waals surface area contributed by atoms with Crippen LogP contribution in [0.25, 0.3) is 0 Å². The minimum Gasteiger partial charge on any atom is -0.457 e. The number of carbonyl (C=O) groups excluding carboxylic acids is 3. The van der Waals surface area contributed by atoms with E-state index in [1.54, 1.807) is 53.4 Å². The van der Waals surface area contributed by atoms with Gasteiger partial charge in [-0.15, -0.1) is 0 Å². The molecule has 0 spiro atoms. The third-order valence-corrected chi connectivity index (χ3v) is 4.95. The molecule has 1 aliphatic heterocycles. The van der Waals surface area contributed by atoms with E-state index in [4.69, 9.17) is 10.5 Å². The summed E-state index contributed by atoms with van der Waals surface area (Å²) in [5, 5.41) is 2.89. The highest BCUT2D eigenvalue weighted by molar-refractivity contribution is 5.94. The maximum atomic E-state index is 12.8. The fourth-order valence-corrected chi connectivity index (χ4v) is 3.35. The van der Waals surface area contributed by atoms with Gasteiger partial charge in [0, 0.05) is 43.3 Å². The van der Waals surface area contributed by atoms with Gasteiger partial charge in [0.2, 0.25) is 11.8 Å². The van der Waals surface area contributed by atoms with Crippen LogP contribution in [0, 0.1) is 0 Å². The van der Waals surface area contributed by atoms with Crippen LogP contribution in [0.4, 0.5) is 0 Å². The normalized spacial score (nSPS) is 14.4. The van der Waals surface area contributed by atoms with Crippen molar-refractivity contribution >= 4 is 17.7 Å². The second-order valence-electron chi connectivity index (χ2n) is 7.81. The molecular weight excluding hydrogens is 396 g/mol. The summed E-state index contributed by atoms with van der Waals surface area (Å²) < 4.78 is 5.75. The molecule has 1 aliphatic rings. The Kier molecular flexibility index (Phi) is 7.25. The summed E-state index contributed by atoms with van der Waals surface area (Å²) in [5.74, 6) is 0.637. The van der Waals surface area contributed by atoms with E-state index in [9.17, 15) is 14.4 Å². The zero-order chi connectivity index (χ0) is 22.4. The SMILES string of the molecule is CC(C)NC(=O)CN1CCN(C(=O)c2ccc(Oc3ccc(C(N)=O)cc3)cc2)CC1. The molecule has 3 N–H and O–H groups in total. The Morgan fingerprint density at radius 3 is 1.90 bits per heavy atom. The van der Waals surface area contributed by atoms with Crippen molar-refractivity contribution < 1.29 is 19.1 Å². The standard InChI is InChI=1S/C23H28N4O4/c1-16(2)25-21(28)15-26-11-13-27(14-12-26)23(30)18-5-9-20(10-6-18)31-19-7-3-17(4-8-19)22(24)29/h3-10,16H,11-15H2,1-2H3,(H2,24,29)(H,25,28). The zero-order valence-corrected chi connectivity index (χ0v) is 17.8. The summed E-state index contributed by atoms with van der Waals surface area (Å²) in [7, 11) is 0. The van der Waals surface area contributed by atoms with Gasteiger partial charge >= 0.3 is 0 Å². The number of primary amides is 1. The van der Waals surface area contributed by atoms with Gasteiger partial charge in [-0.05, 0) is 62.4 Å². The number of rotatable bonds is 7. The molecule has 0 aliphatic carbocycles. The smallest absolute Gasteiger partial charge is 0.253 e. The molecule has 0 atom stereocenters. The van der Waals surface area contributed by atoms with E-state index in [0.717, 1.165) is 0 Å². The van der Waals surface area contributed by atoms with E-state index in [1.165, 1.54) is 0 Å². The van der Waals surface area contributed by atoms with Crippen molar-refractivity contribution in [3.8, 4) is 11.5 Å². The Hall–Kier alpha value is -3.39. The minimum atomic E-state index is -0.492. The Labute approximate surface area is 182 Å². The lowest BCUT2D eigenvalue weighted by atomic mass is 10.1. The Morgan fingerprint density at radius 1 is 0.903 bits per heavy atom. The van der Waals surface area contributed by atoms with Gasteiger partial charge in [0.05, 0.1) is 6.54 Å². The van der Waals surface area contributed by atoms with Crippen LogP contribution in [-0.4, -0.2) is 66.3 Å². The van der Waals surface area contributed by atoms with Crippen molar-refractivity contribution in [2.24, 2.45) is 5.73 Å². The van der Waals surface area contributed by atoms with E-state index in [0.29, 0.717) is 55.3 Å². The van der Waals surface area contributed by atoms with Gasteiger partial charge in [-0.1, -0.05) is 0 Å². The molecule has 8 nitrogen and oxygen atoms in total. The van der Waals surface area contributed by atoms with Gasteiger partial charge in [-0.3, -0.25) is 19.3 Å². The second-order valence-corrected chi connectivity index (χ2v) is 7.81. The lowest BCUT2D eigenvalue weighted by Crippen LogP contribution is -2.51. The van der Waals surface area contributed by atoms with Crippen molar-refractivity contribution in [1.29, 1.82) is 0 Å². The summed E-state index contributed by atoms with van der Waals surface area (Å²) in [6.45, 7) is 6.72. The molecule has 0 bridgehead atoms. The van der Waals surface area contributed by atoms with Crippen molar-refractivity contribution in [2.45, 2.75) is 19.9 Å². The zero-order valence-electron chi connectivity index (χ0n) is 17.8. The van der Waals surface area contributed by atoms with Crippen molar-refractivity contribution in [2.75, 3.05) is 32.7 Å². The average molecular weight is 425 g/mol. The molecule has 2 aromatic carbocycles. The van der Waals surface area contributed by atoms with E-state index < -0.39 is 5.91 Å². The fraction of sp³-hybridized carbons (Fsp3) is 0.348. The van der Waals surface area contributed by atoms with Gasteiger partial charge in [0.25, 0.3) is 5.91 Å². The number of hydrogen-bond donors (Lipinski definition) is 2. The van der Waals surface area contributed by atoms with Crippen LogP contribution in [-0.2, 0) is 4.79 Å². The molecule has 0 unspecified atom stereocenters. The van der Waals surface area contributed by atoms with Crippen LogP contribution in [0.5, 0.6) is 11.5 Å². The minimum absolute atomic E-state index is 0.00892. The number of nitrogens with one attached hydrogen (secondary N) is 1. The molecule has 0 aromatic heterocycles. The molecule has 0 radical (unpaired) electrons. The van der Waals surface area contributed by atoms with Crippen LogP contribution in [0.1, 0.15) is 34.6 Å². The van der Waals surface area contributed by atoms with Crippen LogP contribution < -0.4 is 15.8 Å². The molecule has 8 heteroatoms. The van der Waals surface area contributed by atoms with Crippen molar-refractivity contribution in [3.05, 3.63) is 59.7 Å². The summed E-state index contributed by atoms with van der Waals surface area (Å²) >= 11 is 0. The molecule has 1 heterocycles. The lowest BCUT2D eigenvalue weighted by molar-refractivity contribution is -0.123. The van der Waals surface area contributed by atoms with Gasteiger partial charge in [-0.2, -0.15) is 0 Å². The summed E-state index contributed by atoms with van der Waals surface area (Å²) in [6.07, 6.45) is 0. The number of piperazine rings is 1. The number of carbonyl (C=O) groups is 3. The van der Waals surface area contributed by atoms with Crippen LogP contribution >= 0.6 is 0 Å². The van der Waals surface area contributed by atoms with Gasteiger partial charge < -0.3 is 20.7 Å². The molecule has 1 fully saturated rings. The monoisotopic (exact) mass is 424 g/mol. The first kappa shape index (κ1) is 22.3. The third kappa shape index (κ3) is 6.29. The molecular formula is C23H28N4O4. The van der Waals surface area contributed by atoms with Crippen LogP contribution in [0.2, 0.25) is 0 Å². The largest absolute Gasteiger partial charge is 0.457 e. The maximum Gasteiger partial charge on any atom is 0.253 e. The molecule has 1 saturated heterocycles. The highest BCUT2D eigenvalue weighted by Crippen LogP contribution is 2.22. The lowest BCUT2D eigenvalue weighted by Gasteiger charge is -2.34. The Balaban J connectivity index is 1.51. The molecule has 2 aromatic rings. The molecule has 3 amide bonds. The molecule has 31 heavy (non-hydrogen) atoms. The second kappa shape index (κ2) is 10.1. The topological polar surface area (TPSA) is 105 Å². The van der Waals surface area contributed by atoms with Gasteiger partial charge in [0.1, 0.15) is 11.5 Å². The van der Waals surface area contributed by atoms with Gasteiger partial charge in [-0.25, -0.2) is 0 Å². The maximum absolute atomic E-state index is 12.8. The number of nitrogens with two attached hydrogens (primary N) is 1. The first-order chi connectivity index (χ1) is 14.8. The first-order valence-corrected chi connectivity index (χ1v) is 10.3. The van der Waals surface area contributed by atoms with E-state index in [2.05, 4.69) is 10.2 Å². The number of nitrogens with zero attached hydrogens (tertiary/aromatic N) is 2. The molecule has 0 saturated carbocycles. The highest BCUT2D eigenvalue weighted by Gasteiger charge is 2.23. The Morgan fingerprint density at radius 2 is 1.42 bits per heavy atom. The van der Waals surface area contributed by atoms with Crippen LogP contribution in [0.3, 0.4) is 0 Å². The predicted octanol–water partition coefficient (Wildman–Crippen LogP) is 1.86. The fourth-order valence-electron chi connectivity index (χ4n) is 3.35. The average Bonchev–Trinajstić information content (AvgIpc) is 2.74. The highest BCUT2D eigenvalue weighted by atomic mass is 16.5. The van der Waals surface area contributed by atoms with E-state index in [-0.39, 0.29) is 17.9 Å². The van der Waals surface area contributed by atoms with Crippen molar-refractivity contribution in [1.82, 2.24) is 15.1 Å². The number of hydrogen-bond acceptors (Lipinski definition) is 5. The molecule has 3 rings (SSSR count).